The Morgan fingerprint density at radius 3 is 2.68 bits per heavy atom. The first kappa shape index (κ1) is 12.4. The molecule has 5 nitrogen and oxygen atoms in total. The number of nitrogens with one attached hydrogen (secondary N) is 2. The molecule has 0 aliphatic heterocycles. The van der Waals surface area contributed by atoms with Crippen LogP contribution in [-0.2, 0) is 10.0 Å². The van der Waals surface area contributed by atoms with E-state index in [2.05, 4.69) is 14.9 Å². The van der Waals surface area contributed by atoms with Crippen molar-refractivity contribution in [2.75, 3.05) is 0 Å². The summed E-state index contributed by atoms with van der Waals surface area (Å²) >= 11 is 0. The van der Waals surface area contributed by atoms with Crippen molar-refractivity contribution < 1.29 is 8.42 Å². The van der Waals surface area contributed by atoms with Crippen molar-refractivity contribution in [3.8, 4) is 0 Å². The van der Waals surface area contributed by atoms with Crippen LogP contribution in [0.1, 0.15) is 23.6 Å². The van der Waals surface area contributed by atoms with E-state index < -0.39 is 10.0 Å². The molecule has 1 fully saturated rings. The summed E-state index contributed by atoms with van der Waals surface area (Å²) in [6, 6.07) is 9.95. The molecule has 0 amide bonds. The van der Waals surface area contributed by atoms with Gasteiger partial charge in [0.2, 0.25) is 10.0 Å². The monoisotopic (exact) mass is 277 g/mol. The summed E-state index contributed by atoms with van der Waals surface area (Å²) < 4.78 is 27.1. The SMILES string of the molecule is Cc1[nH]ncc1S(=O)(=O)NC1CC1c1ccccc1. The second-order valence-corrected chi connectivity index (χ2v) is 6.52. The van der Waals surface area contributed by atoms with Crippen LogP contribution in [0.4, 0.5) is 0 Å². The van der Waals surface area contributed by atoms with E-state index in [4.69, 9.17) is 0 Å². The van der Waals surface area contributed by atoms with E-state index in [0.717, 1.165) is 6.42 Å². The first-order valence-corrected chi connectivity index (χ1v) is 7.63. The van der Waals surface area contributed by atoms with Crippen LogP contribution < -0.4 is 4.72 Å². The number of rotatable bonds is 4. The molecule has 1 heterocycles. The van der Waals surface area contributed by atoms with Gasteiger partial charge in [0.15, 0.2) is 0 Å². The number of sulfonamides is 1. The van der Waals surface area contributed by atoms with Crippen LogP contribution in [0, 0.1) is 6.92 Å². The topological polar surface area (TPSA) is 74.8 Å². The first-order valence-electron chi connectivity index (χ1n) is 6.15. The van der Waals surface area contributed by atoms with Gasteiger partial charge in [-0.05, 0) is 18.9 Å². The van der Waals surface area contributed by atoms with Gasteiger partial charge >= 0.3 is 0 Å². The van der Waals surface area contributed by atoms with Crippen LogP contribution in [0.2, 0.25) is 0 Å². The number of H-pyrrole nitrogens is 1. The quantitative estimate of drug-likeness (QED) is 0.890. The van der Waals surface area contributed by atoms with Gasteiger partial charge < -0.3 is 0 Å². The Labute approximate surface area is 112 Å². The number of benzene rings is 1. The lowest BCUT2D eigenvalue weighted by Gasteiger charge is -2.05. The van der Waals surface area contributed by atoms with Gasteiger partial charge in [0.1, 0.15) is 4.90 Å². The summed E-state index contributed by atoms with van der Waals surface area (Å²) in [6.07, 6.45) is 2.19. The second-order valence-electron chi connectivity index (χ2n) is 4.84. The molecule has 0 radical (unpaired) electrons. The summed E-state index contributed by atoms with van der Waals surface area (Å²) in [4.78, 5) is 0.228. The zero-order chi connectivity index (χ0) is 13.5. The van der Waals surface area contributed by atoms with E-state index in [1.165, 1.54) is 11.8 Å². The number of aromatic amines is 1. The molecule has 1 aliphatic carbocycles. The van der Waals surface area contributed by atoms with E-state index in [9.17, 15) is 8.42 Å². The summed E-state index contributed by atoms with van der Waals surface area (Å²) in [5.74, 6) is 0.281. The second kappa shape index (κ2) is 4.47. The maximum absolute atomic E-state index is 12.2. The number of aryl methyl sites for hydroxylation is 1. The molecule has 1 aromatic carbocycles. The van der Waals surface area contributed by atoms with E-state index in [1.54, 1.807) is 6.92 Å². The molecule has 6 heteroatoms. The van der Waals surface area contributed by atoms with Crippen LogP contribution in [0.3, 0.4) is 0 Å². The molecule has 2 atom stereocenters. The third-order valence-electron chi connectivity index (χ3n) is 3.40. The molecule has 100 valence electrons. The van der Waals surface area contributed by atoms with Gasteiger partial charge in [-0.3, -0.25) is 5.10 Å². The lowest BCUT2D eigenvalue weighted by Crippen LogP contribution is -2.27. The van der Waals surface area contributed by atoms with Crippen molar-refractivity contribution in [3.05, 3.63) is 47.8 Å². The lowest BCUT2D eigenvalue weighted by molar-refractivity contribution is 0.579. The smallest absolute Gasteiger partial charge is 0.244 e. The van der Waals surface area contributed by atoms with Crippen LogP contribution in [0.25, 0.3) is 0 Å². The highest BCUT2D eigenvalue weighted by molar-refractivity contribution is 7.89. The van der Waals surface area contributed by atoms with Crippen LogP contribution >= 0.6 is 0 Å². The predicted molar refractivity (Wildman–Crippen MR) is 71.2 cm³/mol. The zero-order valence-corrected chi connectivity index (χ0v) is 11.3. The Balaban J connectivity index is 1.73. The van der Waals surface area contributed by atoms with Gasteiger partial charge in [-0.2, -0.15) is 5.10 Å². The van der Waals surface area contributed by atoms with Gasteiger partial charge in [-0.25, -0.2) is 13.1 Å². The average Bonchev–Trinajstić information content (AvgIpc) is 2.99. The Morgan fingerprint density at radius 2 is 2.05 bits per heavy atom. The third kappa shape index (κ3) is 2.41. The Bertz CT molecular complexity index is 679. The maximum atomic E-state index is 12.2. The minimum absolute atomic E-state index is 0.0123. The molecule has 0 spiro atoms. The molecular formula is C13H15N3O2S. The zero-order valence-electron chi connectivity index (χ0n) is 10.5. The largest absolute Gasteiger partial charge is 0.281 e. The molecule has 2 aromatic rings. The minimum Gasteiger partial charge on any atom is -0.281 e. The molecule has 19 heavy (non-hydrogen) atoms. The summed E-state index contributed by atoms with van der Waals surface area (Å²) in [5, 5.41) is 6.39. The standard InChI is InChI=1S/C13H15N3O2S/c1-9-13(8-14-15-9)19(17,18)16-12-7-11(12)10-5-3-2-4-6-10/h2-6,8,11-12,16H,7H2,1H3,(H,14,15). The highest BCUT2D eigenvalue weighted by Gasteiger charge is 2.41. The van der Waals surface area contributed by atoms with E-state index >= 15 is 0 Å². The Kier molecular flexibility index (Phi) is 2.91. The van der Waals surface area contributed by atoms with Crippen molar-refractivity contribution in [1.29, 1.82) is 0 Å². The van der Waals surface area contributed by atoms with Crippen LogP contribution in [-0.4, -0.2) is 24.7 Å². The number of aromatic nitrogens is 2. The van der Waals surface area contributed by atoms with Gasteiger partial charge in [-0.15, -0.1) is 0 Å². The van der Waals surface area contributed by atoms with Crippen molar-refractivity contribution in [2.24, 2.45) is 0 Å². The van der Waals surface area contributed by atoms with Crippen molar-refractivity contribution in [3.63, 3.8) is 0 Å². The van der Waals surface area contributed by atoms with Gasteiger partial charge in [0, 0.05) is 12.0 Å². The third-order valence-corrected chi connectivity index (χ3v) is 5.00. The Morgan fingerprint density at radius 1 is 1.32 bits per heavy atom. The highest BCUT2D eigenvalue weighted by Crippen LogP contribution is 2.41. The van der Waals surface area contributed by atoms with E-state index in [1.807, 2.05) is 30.3 Å². The average molecular weight is 277 g/mol. The molecule has 0 bridgehead atoms. The molecule has 2 N–H and O–H groups in total. The Hall–Kier alpha value is -1.66. The van der Waals surface area contributed by atoms with Gasteiger partial charge in [0.05, 0.1) is 11.9 Å². The van der Waals surface area contributed by atoms with Crippen LogP contribution in [0.5, 0.6) is 0 Å². The summed E-state index contributed by atoms with van der Waals surface area (Å²) in [6.45, 7) is 1.70. The van der Waals surface area contributed by atoms with E-state index in [0.29, 0.717) is 5.69 Å². The molecule has 2 unspecified atom stereocenters. The normalized spacial score (nSPS) is 22.4. The van der Waals surface area contributed by atoms with E-state index in [-0.39, 0.29) is 16.9 Å². The van der Waals surface area contributed by atoms with Crippen LogP contribution in [0.15, 0.2) is 41.4 Å². The molecule has 1 aliphatic rings. The van der Waals surface area contributed by atoms with Gasteiger partial charge in [0.25, 0.3) is 0 Å². The minimum atomic E-state index is -3.47. The molecule has 3 rings (SSSR count). The number of nitrogens with zero attached hydrogens (tertiary/aromatic N) is 1. The molecular weight excluding hydrogens is 262 g/mol. The number of hydrogen-bond donors (Lipinski definition) is 2. The molecule has 1 saturated carbocycles. The number of hydrogen-bond acceptors (Lipinski definition) is 3. The predicted octanol–water partition coefficient (Wildman–Crippen LogP) is 1.55. The fourth-order valence-corrected chi connectivity index (χ4v) is 3.69. The maximum Gasteiger partial charge on any atom is 0.244 e. The van der Waals surface area contributed by atoms with Gasteiger partial charge in [-0.1, -0.05) is 30.3 Å². The fraction of sp³-hybridized carbons (Fsp3) is 0.308. The highest BCUT2D eigenvalue weighted by atomic mass is 32.2. The van der Waals surface area contributed by atoms with Crippen molar-refractivity contribution in [1.82, 2.24) is 14.9 Å². The summed E-state index contributed by atoms with van der Waals surface area (Å²) in [7, 11) is -3.47. The molecule has 1 aromatic heterocycles. The first-order chi connectivity index (χ1) is 9.08. The molecule has 0 saturated heterocycles. The lowest BCUT2D eigenvalue weighted by atomic mass is 10.1. The fourth-order valence-electron chi connectivity index (χ4n) is 2.27. The summed E-state index contributed by atoms with van der Waals surface area (Å²) in [5.41, 5.74) is 1.74. The van der Waals surface area contributed by atoms with Crippen molar-refractivity contribution >= 4 is 10.0 Å². The van der Waals surface area contributed by atoms with Crippen molar-refractivity contribution in [2.45, 2.75) is 30.2 Å².